The molecule has 0 atom stereocenters. The summed E-state index contributed by atoms with van der Waals surface area (Å²) in [4.78, 5) is 17.3. The standard InChI is InChI=1S/C21H26N2O4/c1-25-18-14-20(27-3)19(26-2)13-17(18)21(24)23-11-9-22(10-12-23)15-16-7-5-4-6-8-16/h4-8,13-14H,9-12,15H2,1-3H3. The van der Waals surface area contributed by atoms with E-state index in [1.54, 1.807) is 33.5 Å². The Kier molecular flexibility index (Phi) is 6.19. The molecular weight excluding hydrogens is 344 g/mol. The lowest BCUT2D eigenvalue weighted by Gasteiger charge is -2.35. The van der Waals surface area contributed by atoms with Gasteiger partial charge < -0.3 is 19.1 Å². The molecule has 2 aromatic carbocycles. The van der Waals surface area contributed by atoms with E-state index in [1.807, 2.05) is 11.0 Å². The van der Waals surface area contributed by atoms with Gasteiger partial charge in [-0.3, -0.25) is 9.69 Å². The van der Waals surface area contributed by atoms with E-state index in [1.165, 1.54) is 5.56 Å². The van der Waals surface area contributed by atoms with Gasteiger partial charge in [-0.15, -0.1) is 0 Å². The van der Waals surface area contributed by atoms with E-state index in [0.717, 1.165) is 19.6 Å². The van der Waals surface area contributed by atoms with Crippen molar-refractivity contribution >= 4 is 5.91 Å². The first-order valence-electron chi connectivity index (χ1n) is 9.01. The lowest BCUT2D eigenvalue weighted by molar-refractivity contribution is 0.0625. The molecule has 0 bridgehead atoms. The highest BCUT2D eigenvalue weighted by Crippen LogP contribution is 2.35. The maximum atomic E-state index is 13.0. The molecular formula is C21H26N2O4. The Morgan fingerprint density at radius 3 is 2.04 bits per heavy atom. The van der Waals surface area contributed by atoms with Gasteiger partial charge in [0.25, 0.3) is 5.91 Å². The van der Waals surface area contributed by atoms with Crippen LogP contribution in [0.25, 0.3) is 0 Å². The predicted molar refractivity (Wildman–Crippen MR) is 104 cm³/mol. The molecule has 0 radical (unpaired) electrons. The van der Waals surface area contributed by atoms with Crippen LogP contribution in [-0.4, -0.2) is 63.2 Å². The lowest BCUT2D eigenvalue weighted by atomic mass is 10.1. The fraction of sp³-hybridized carbons (Fsp3) is 0.381. The van der Waals surface area contributed by atoms with Crippen LogP contribution < -0.4 is 14.2 Å². The second-order valence-corrected chi connectivity index (χ2v) is 6.46. The quantitative estimate of drug-likeness (QED) is 0.783. The maximum absolute atomic E-state index is 13.0. The molecule has 6 heteroatoms. The van der Waals surface area contributed by atoms with Crippen LogP contribution in [0, 0.1) is 0 Å². The van der Waals surface area contributed by atoms with Crippen LogP contribution in [0.15, 0.2) is 42.5 Å². The zero-order chi connectivity index (χ0) is 19.2. The zero-order valence-electron chi connectivity index (χ0n) is 16.1. The topological polar surface area (TPSA) is 51.2 Å². The first-order valence-corrected chi connectivity index (χ1v) is 9.01. The van der Waals surface area contributed by atoms with Gasteiger partial charge in [0, 0.05) is 44.9 Å². The molecule has 1 fully saturated rings. The number of piperazine rings is 1. The molecule has 0 saturated carbocycles. The summed E-state index contributed by atoms with van der Waals surface area (Å²) < 4.78 is 16.0. The minimum Gasteiger partial charge on any atom is -0.496 e. The summed E-state index contributed by atoms with van der Waals surface area (Å²) in [6.07, 6.45) is 0. The van der Waals surface area contributed by atoms with Crippen LogP contribution in [-0.2, 0) is 6.54 Å². The van der Waals surface area contributed by atoms with Crippen molar-refractivity contribution in [3.63, 3.8) is 0 Å². The van der Waals surface area contributed by atoms with Gasteiger partial charge >= 0.3 is 0 Å². The van der Waals surface area contributed by atoms with Gasteiger partial charge in [-0.1, -0.05) is 30.3 Å². The smallest absolute Gasteiger partial charge is 0.257 e. The molecule has 0 unspecified atom stereocenters. The van der Waals surface area contributed by atoms with Crippen LogP contribution in [0.3, 0.4) is 0 Å². The third-order valence-electron chi connectivity index (χ3n) is 4.84. The second-order valence-electron chi connectivity index (χ2n) is 6.46. The maximum Gasteiger partial charge on any atom is 0.257 e. The number of ether oxygens (including phenoxy) is 3. The van der Waals surface area contributed by atoms with Crippen molar-refractivity contribution in [1.29, 1.82) is 0 Å². The molecule has 6 nitrogen and oxygen atoms in total. The van der Waals surface area contributed by atoms with Gasteiger partial charge in [0.1, 0.15) is 5.75 Å². The average molecular weight is 370 g/mol. The first kappa shape index (κ1) is 19.0. The van der Waals surface area contributed by atoms with E-state index < -0.39 is 0 Å². The summed E-state index contributed by atoms with van der Waals surface area (Å²) >= 11 is 0. The van der Waals surface area contributed by atoms with Crippen LogP contribution in [0.4, 0.5) is 0 Å². The monoisotopic (exact) mass is 370 g/mol. The van der Waals surface area contributed by atoms with Crippen molar-refractivity contribution in [2.75, 3.05) is 47.5 Å². The summed E-state index contributed by atoms with van der Waals surface area (Å²) in [6.45, 7) is 3.96. The van der Waals surface area contributed by atoms with E-state index in [-0.39, 0.29) is 5.91 Å². The minimum atomic E-state index is -0.0489. The van der Waals surface area contributed by atoms with E-state index in [9.17, 15) is 4.79 Å². The van der Waals surface area contributed by atoms with Gasteiger partial charge in [-0.25, -0.2) is 0 Å². The van der Waals surface area contributed by atoms with Crippen molar-refractivity contribution in [2.45, 2.75) is 6.54 Å². The highest BCUT2D eigenvalue weighted by molar-refractivity contribution is 5.98. The normalized spacial score (nSPS) is 14.7. The number of amides is 1. The number of rotatable bonds is 6. The number of carbonyl (C=O) groups is 1. The highest BCUT2D eigenvalue weighted by Gasteiger charge is 2.26. The van der Waals surface area contributed by atoms with Crippen molar-refractivity contribution < 1.29 is 19.0 Å². The number of hydrogen-bond acceptors (Lipinski definition) is 5. The van der Waals surface area contributed by atoms with E-state index in [0.29, 0.717) is 35.9 Å². The number of methoxy groups -OCH3 is 3. The highest BCUT2D eigenvalue weighted by atomic mass is 16.5. The summed E-state index contributed by atoms with van der Waals surface area (Å²) in [6, 6.07) is 13.8. The van der Waals surface area contributed by atoms with Gasteiger partial charge in [0.2, 0.25) is 0 Å². The summed E-state index contributed by atoms with van der Waals surface area (Å²) in [5.74, 6) is 1.50. The molecule has 3 rings (SSSR count). The first-order chi connectivity index (χ1) is 13.2. The third-order valence-corrected chi connectivity index (χ3v) is 4.84. The Balaban J connectivity index is 1.68. The SMILES string of the molecule is COc1cc(OC)c(C(=O)N2CCN(Cc3ccccc3)CC2)cc1OC. The molecule has 1 aliphatic heterocycles. The fourth-order valence-corrected chi connectivity index (χ4v) is 3.32. The van der Waals surface area contributed by atoms with E-state index in [2.05, 4.69) is 29.2 Å². The number of carbonyl (C=O) groups excluding carboxylic acids is 1. The molecule has 144 valence electrons. The Bertz CT molecular complexity index is 771. The average Bonchev–Trinajstić information content (AvgIpc) is 2.73. The molecule has 27 heavy (non-hydrogen) atoms. The van der Waals surface area contributed by atoms with Gasteiger partial charge in [-0.05, 0) is 5.56 Å². The Hall–Kier alpha value is -2.73. The van der Waals surface area contributed by atoms with Gasteiger partial charge in [0.15, 0.2) is 11.5 Å². The molecule has 0 N–H and O–H groups in total. The van der Waals surface area contributed by atoms with Crippen molar-refractivity contribution in [2.24, 2.45) is 0 Å². The zero-order valence-corrected chi connectivity index (χ0v) is 16.1. The molecule has 0 spiro atoms. The van der Waals surface area contributed by atoms with Crippen LogP contribution >= 0.6 is 0 Å². The third kappa shape index (κ3) is 4.34. The molecule has 0 aromatic heterocycles. The molecule has 1 aliphatic rings. The van der Waals surface area contributed by atoms with Crippen LogP contribution in [0.5, 0.6) is 17.2 Å². The fourth-order valence-electron chi connectivity index (χ4n) is 3.32. The van der Waals surface area contributed by atoms with Gasteiger partial charge in [-0.2, -0.15) is 0 Å². The second kappa shape index (κ2) is 8.77. The van der Waals surface area contributed by atoms with Crippen molar-refractivity contribution in [3.8, 4) is 17.2 Å². The minimum absolute atomic E-state index is 0.0489. The summed E-state index contributed by atoms with van der Waals surface area (Å²) in [5.41, 5.74) is 1.78. The van der Waals surface area contributed by atoms with Gasteiger partial charge in [0.05, 0.1) is 26.9 Å². The summed E-state index contributed by atoms with van der Waals surface area (Å²) in [5, 5.41) is 0. The summed E-state index contributed by atoms with van der Waals surface area (Å²) in [7, 11) is 4.67. The number of benzene rings is 2. The van der Waals surface area contributed by atoms with E-state index in [4.69, 9.17) is 14.2 Å². The predicted octanol–water partition coefficient (Wildman–Crippen LogP) is 2.67. The van der Waals surface area contributed by atoms with Crippen LogP contribution in [0.1, 0.15) is 15.9 Å². The number of nitrogens with zero attached hydrogens (tertiary/aromatic N) is 2. The largest absolute Gasteiger partial charge is 0.496 e. The Morgan fingerprint density at radius 1 is 0.852 bits per heavy atom. The lowest BCUT2D eigenvalue weighted by Crippen LogP contribution is -2.48. The molecule has 0 aliphatic carbocycles. The Labute approximate surface area is 160 Å². The van der Waals surface area contributed by atoms with Crippen molar-refractivity contribution in [1.82, 2.24) is 9.80 Å². The Morgan fingerprint density at radius 2 is 1.44 bits per heavy atom. The molecule has 1 amide bonds. The number of hydrogen-bond donors (Lipinski definition) is 0. The van der Waals surface area contributed by atoms with E-state index >= 15 is 0 Å². The molecule has 1 saturated heterocycles. The molecule has 2 aromatic rings. The van der Waals surface area contributed by atoms with Crippen molar-refractivity contribution in [3.05, 3.63) is 53.6 Å². The van der Waals surface area contributed by atoms with Crippen LogP contribution in [0.2, 0.25) is 0 Å². The molecule has 1 heterocycles.